The number of likely N-dealkylation sites (tertiary alicyclic amines) is 1. The number of rotatable bonds is 4. The molecule has 1 amide bonds. The van der Waals surface area contributed by atoms with Crippen LogP contribution in [0, 0.1) is 18.3 Å². The van der Waals surface area contributed by atoms with E-state index < -0.39 is 0 Å². The van der Waals surface area contributed by atoms with Gasteiger partial charge in [-0.2, -0.15) is 0 Å². The lowest BCUT2D eigenvalue weighted by atomic mass is 9.98. The van der Waals surface area contributed by atoms with E-state index in [2.05, 4.69) is 10.9 Å². The van der Waals surface area contributed by atoms with Gasteiger partial charge >= 0.3 is 0 Å². The molecule has 22 heavy (non-hydrogen) atoms. The predicted molar refractivity (Wildman–Crippen MR) is 87.9 cm³/mol. The molecule has 3 rings (SSSR count). The molecule has 0 spiro atoms. The molecule has 1 fully saturated rings. The fourth-order valence-corrected chi connectivity index (χ4v) is 3.56. The number of carbonyl (C=O) groups is 1. The Kier molecular flexibility index (Phi) is 4.71. The monoisotopic (exact) mass is 314 g/mol. The third-order valence-electron chi connectivity index (χ3n) is 3.92. The molecule has 114 valence electrons. The summed E-state index contributed by atoms with van der Waals surface area (Å²) in [7, 11) is 0. The summed E-state index contributed by atoms with van der Waals surface area (Å²) in [5, 5.41) is 0. The second-order valence-corrected chi connectivity index (χ2v) is 6.40. The number of fused-ring (bicyclic) bond motifs is 1. The van der Waals surface area contributed by atoms with Gasteiger partial charge in [0.15, 0.2) is 0 Å². The van der Waals surface area contributed by atoms with Crippen molar-refractivity contribution >= 4 is 27.5 Å². The van der Waals surface area contributed by atoms with E-state index in [1.165, 1.54) is 0 Å². The fraction of sp³-hybridized carbons (Fsp3) is 0.412. The predicted octanol–water partition coefficient (Wildman–Crippen LogP) is 2.80. The van der Waals surface area contributed by atoms with Crippen molar-refractivity contribution in [3.05, 3.63) is 29.3 Å². The third kappa shape index (κ3) is 3.29. The van der Waals surface area contributed by atoms with E-state index in [9.17, 15) is 4.79 Å². The number of nitrogens with zero attached hydrogens (tertiary/aromatic N) is 2. The van der Waals surface area contributed by atoms with Gasteiger partial charge in [-0.05, 0) is 31.0 Å². The highest BCUT2D eigenvalue weighted by molar-refractivity contribution is 7.16. The van der Waals surface area contributed by atoms with Gasteiger partial charge in [-0.15, -0.1) is 17.8 Å². The summed E-state index contributed by atoms with van der Waals surface area (Å²) in [6.07, 6.45) is 7.29. The van der Waals surface area contributed by atoms with Crippen molar-refractivity contribution in [2.24, 2.45) is 5.92 Å². The van der Waals surface area contributed by atoms with Gasteiger partial charge in [0.1, 0.15) is 6.61 Å². The standard InChI is InChI=1S/C17H18N2O2S/c1-2-8-21-11-13-4-3-7-19(10-13)17(20)14-5-6-15-16(9-14)22-12-18-15/h1,5-6,9,12-13H,3-4,7-8,10-11H2. The van der Waals surface area contributed by atoms with Crippen LogP contribution in [0.25, 0.3) is 10.2 Å². The molecule has 0 bridgehead atoms. The maximum Gasteiger partial charge on any atom is 0.253 e. The minimum atomic E-state index is 0.0944. The molecule has 0 saturated carbocycles. The van der Waals surface area contributed by atoms with Crippen molar-refractivity contribution in [2.75, 3.05) is 26.3 Å². The summed E-state index contributed by atoms with van der Waals surface area (Å²) in [4.78, 5) is 18.9. The highest BCUT2D eigenvalue weighted by atomic mass is 32.1. The van der Waals surface area contributed by atoms with Crippen LogP contribution in [0.2, 0.25) is 0 Å². The highest BCUT2D eigenvalue weighted by Crippen LogP contribution is 2.22. The van der Waals surface area contributed by atoms with Gasteiger partial charge in [0.25, 0.3) is 5.91 Å². The molecule has 4 nitrogen and oxygen atoms in total. The summed E-state index contributed by atoms with van der Waals surface area (Å²) in [5.41, 5.74) is 3.49. The van der Waals surface area contributed by atoms with Crippen LogP contribution in [0.3, 0.4) is 0 Å². The Morgan fingerprint density at radius 2 is 2.45 bits per heavy atom. The topological polar surface area (TPSA) is 42.4 Å². The average molecular weight is 314 g/mol. The normalized spacial score (nSPS) is 18.3. The second-order valence-electron chi connectivity index (χ2n) is 5.51. The summed E-state index contributed by atoms with van der Waals surface area (Å²) in [5.74, 6) is 2.94. The number of thiazole rings is 1. The molecule has 1 atom stereocenters. The number of ether oxygens (including phenoxy) is 1. The first kappa shape index (κ1) is 15.0. The summed E-state index contributed by atoms with van der Waals surface area (Å²) in [6.45, 7) is 2.52. The first-order valence-electron chi connectivity index (χ1n) is 7.41. The van der Waals surface area contributed by atoms with E-state index in [0.717, 1.165) is 41.7 Å². The lowest BCUT2D eigenvalue weighted by Crippen LogP contribution is -2.41. The number of hydrogen-bond acceptors (Lipinski definition) is 4. The van der Waals surface area contributed by atoms with Crippen molar-refractivity contribution in [3.8, 4) is 12.3 Å². The van der Waals surface area contributed by atoms with Gasteiger partial charge in [-0.1, -0.05) is 5.92 Å². The Labute approximate surface area is 134 Å². The third-order valence-corrected chi connectivity index (χ3v) is 4.72. The second kappa shape index (κ2) is 6.91. The van der Waals surface area contributed by atoms with Crippen LogP contribution < -0.4 is 0 Å². The Morgan fingerprint density at radius 1 is 1.55 bits per heavy atom. The molecular formula is C17H18N2O2S. The molecule has 1 unspecified atom stereocenters. The minimum absolute atomic E-state index is 0.0944. The van der Waals surface area contributed by atoms with Crippen LogP contribution in [0.5, 0.6) is 0 Å². The number of aromatic nitrogens is 1. The molecule has 0 N–H and O–H groups in total. The van der Waals surface area contributed by atoms with E-state index in [1.807, 2.05) is 23.1 Å². The number of hydrogen-bond donors (Lipinski definition) is 0. The number of carbonyl (C=O) groups excluding carboxylic acids is 1. The SMILES string of the molecule is C#CCOCC1CCCN(C(=O)c2ccc3ncsc3c2)C1. The van der Waals surface area contributed by atoms with Crippen molar-refractivity contribution < 1.29 is 9.53 Å². The zero-order chi connectivity index (χ0) is 15.4. The number of terminal acetylenes is 1. The van der Waals surface area contributed by atoms with Gasteiger partial charge in [-0.25, -0.2) is 4.98 Å². The Bertz CT molecular complexity index is 704. The van der Waals surface area contributed by atoms with Crippen molar-refractivity contribution in [3.63, 3.8) is 0 Å². The van der Waals surface area contributed by atoms with Crippen molar-refractivity contribution in [1.82, 2.24) is 9.88 Å². The Balaban J connectivity index is 1.67. The van der Waals surface area contributed by atoms with E-state index in [4.69, 9.17) is 11.2 Å². The first-order valence-corrected chi connectivity index (χ1v) is 8.29. The molecule has 5 heteroatoms. The highest BCUT2D eigenvalue weighted by Gasteiger charge is 2.24. The van der Waals surface area contributed by atoms with Gasteiger partial charge in [0.2, 0.25) is 0 Å². The first-order chi connectivity index (χ1) is 10.8. The molecule has 2 heterocycles. The van der Waals surface area contributed by atoms with Crippen LogP contribution in [-0.2, 0) is 4.74 Å². The zero-order valence-corrected chi connectivity index (χ0v) is 13.1. The Morgan fingerprint density at radius 3 is 3.32 bits per heavy atom. The maximum atomic E-state index is 12.7. The molecule has 1 aromatic carbocycles. The summed E-state index contributed by atoms with van der Waals surface area (Å²) in [6, 6.07) is 5.72. The lowest BCUT2D eigenvalue weighted by Gasteiger charge is -2.32. The van der Waals surface area contributed by atoms with E-state index in [-0.39, 0.29) is 5.91 Å². The van der Waals surface area contributed by atoms with Crippen LogP contribution in [0.15, 0.2) is 23.7 Å². The minimum Gasteiger partial charge on any atom is -0.368 e. The average Bonchev–Trinajstić information content (AvgIpc) is 3.02. The maximum absolute atomic E-state index is 12.7. The van der Waals surface area contributed by atoms with Crippen LogP contribution in [-0.4, -0.2) is 42.1 Å². The van der Waals surface area contributed by atoms with Crippen molar-refractivity contribution in [2.45, 2.75) is 12.8 Å². The molecule has 1 saturated heterocycles. The van der Waals surface area contributed by atoms with Gasteiger partial charge < -0.3 is 9.64 Å². The van der Waals surface area contributed by atoms with E-state index in [0.29, 0.717) is 19.1 Å². The molecule has 1 aliphatic heterocycles. The van der Waals surface area contributed by atoms with E-state index in [1.54, 1.807) is 16.8 Å². The van der Waals surface area contributed by atoms with E-state index >= 15 is 0 Å². The Hall–Kier alpha value is -1.90. The fourth-order valence-electron chi connectivity index (χ4n) is 2.84. The van der Waals surface area contributed by atoms with Gasteiger partial charge in [0.05, 0.1) is 22.3 Å². The van der Waals surface area contributed by atoms with Crippen LogP contribution >= 0.6 is 11.3 Å². The lowest BCUT2D eigenvalue weighted by molar-refractivity contribution is 0.0534. The number of benzene rings is 1. The molecule has 0 aliphatic carbocycles. The molecule has 2 aromatic rings. The molecule has 1 aromatic heterocycles. The van der Waals surface area contributed by atoms with Crippen molar-refractivity contribution in [1.29, 1.82) is 0 Å². The molecular weight excluding hydrogens is 296 g/mol. The van der Waals surface area contributed by atoms with Gasteiger partial charge in [0, 0.05) is 24.6 Å². The number of amides is 1. The zero-order valence-electron chi connectivity index (χ0n) is 12.3. The smallest absolute Gasteiger partial charge is 0.253 e. The largest absolute Gasteiger partial charge is 0.368 e. The molecule has 1 aliphatic rings. The van der Waals surface area contributed by atoms with Crippen LogP contribution in [0.4, 0.5) is 0 Å². The van der Waals surface area contributed by atoms with Crippen LogP contribution in [0.1, 0.15) is 23.2 Å². The summed E-state index contributed by atoms with van der Waals surface area (Å²) < 4.78 is 6.48. The number of piperidine rings is 1. The summed E-state index contributed by atoms with van der Waals surface area (Å²) >= 11 is 1.56. The van der Waals surface area contributed by atoms with Gasteiger partial charge in [-0.3, -0.25) is 4.79 Å². The molecule has 0 radical (unpaired) electrons. The quantitative estimate of drug-likeness (QED) is 0.644.